The molecule has 7 nitrogen and oxygen atoms in total. The minimum atomic E-state index is 0.631. The number of rotatable bonds is 3. The summed E-state index contributed by atoms with van der Waals surface area (Å²) in [6.07, 6.45) is 1.62. The number of ether oxygens (including phenoxy) is 2. The lowest BCUT2D eigenvalue weighted by atomic mass is 10.1. The number of nitrogens with zero attached hydrogens (tertiary/aromatic N) is 4. The highest BCUT2D eigenvalue weighted by molar-refractivity contribution is 5.43. The Bertz CT molecular complexity index is 623. The van der Waals surface area contributed by atoms with E-state index in [9.17, 15) is 0 Å². The minimum Gasteiger partial charge on any atom is -0.486 e. The van der Waals surface area contributed by atoms with Crippen LogP contribution in [0.3, 0.4) is 0 Å². The van der Waals surface area contributed by atoms with E-state index >= 15 is 0 Å². The van der Waals surface area contributed by atoms with Crippen LogP contribution in [0.1, 0.15) is 5.56 Å². The van der Waals surface area contributed by atoms with Crippen LogP contribution < -0.4 is 14.4 Å². The number of H-pyrrole nitrogens is 1. The molecule has 0 bridgehead atoms. The normalized spacial score (nSPS) is 18.5. The van der Waals surface area contributed by atoms with Gasteiger partial charge < -0.3 is 14.4 Å². The fraction of sp³-hybridized carbons (Fsp3) is 0.467. The molecule has 1 aromatic heterocycles. The van der Waals surface area contributed by atoms with Crippen molar-refractivity contribution in [2.45, 2.75) is 6.54 Å². The lowest BCUT2D eigenvalue weighted by molar-refractivity contribution is 0.171. The van der Waals surface area contributed by atoms with Gasteiger partial charge in [0.25, 0.3) is 0 Å². The molecular formula is C15H19N5O2. The van der Waals surface area contributed by atoms with Gasteiger partial charge in [0.05, 0.1) is 0 Å². The van der Waals surface area contributed by atoms with E-state index in [0.717, 1.165) is 50.2 Å². The molecule has 0 atom stereocenters. The van der Waals surface area contributed by atoms with Crippen LogP contribution in [-0.4, -0.2) is 59.5 Å². The molecule has 1 fully saturated rings. The molecule has 0 saturated carbocycles. The molecule has 4 rings (SSSR count). The number of hydrogen-bond acceptors (Lipinski definition) is 6. The second-order valence-electron chi connectivity index (χ2n) is 5.54. The largest absolute Gasteiger partial charge is 0.486 e. The van der Waals surface area contributed by atoms with E-state index < -0.39 is 0 Å². The van der Waals surface area contributed by atoms with Crippen molar-refractivity contribution >= 4 is 5.95 Å². The second-order valence-corrected chi connectivity index (χ2v) is 5.54. The zero-order valence-corrected chi connectivity index (χ0v) is 12.4. The van der Waals surface area contributed by atoms with Gasteiger partial charge >= 0.3 is 0 Å². The maximum Gasteiger partial charge on any atom is 0.244 e. The summed E-state index contributed by atoms with van der Waals surface area (Å²) in [5.74, 6) is 2.51. The Balaban J connectivity index is 1.36. The van der Waals surface area contributed by atoms with Gasteiger partial charge in [-0.25, -0.2) is 4.98 Å². The molecule has 0 spiro atoms. The monoisotopic (exact) mass is 301 g/mol. The number of benzene rings is 1. The minimum absolute atomic E-state index is 0.631. The Morgan fingerprint density at radius 3 is 2.64 bits per heavy atom. The molecule has 1 saturated heterocycles. The average Bonchev–Trinajstić information content (AvgIpc) is 3.10. The maximum atomic E-state index is 5.65. The summed E-state index contributed by atoms with van der Waals surface area (Å²) in [5, 5.41) is 6.90. The van der Waals surface area contributed by atoms with Crippen molar-refractivity contribution in [1.29, 1.82) is 0 Å². The van der Waals surface area contributed by atoms with E-state index in [1.54, 1.807) is 6.33 Å². The molecule has 2 aromatic rings. The lowest BCUT2D eigenvalue weighted by Crippen LogP contribution is -2.46. The molecule has 22 heavy (non-hydrogen) atoms. The van der Waals surface area contributed by atoms with Gasteiger partial charge in [-0.15, -0.1) is 5.10 Å². The first-order valence-electron chi connectivity index (χ1n) is 7.60. The van der Waals surface area contributed by atoms with E-state index in [1.807, 2.05) is 6.07 Å². The third kappa shape index (κ3) is 2.71. The fourth-order valence-corrected chi connectivity index (χ4v) is 2.90. The quantitative estimate of drug-likeness (QED) is 0.908. The van der Waals surface area contributed by atoms with Crippen LogP contribution in [0.2, 0.25) is 0 Å². The molecule has 0 unspecified atom stereocenters. The zero-order chi connectivity index (χ0) is 14.8. The Labute approximate surface area is 128 Å². The SMILES string of the molecule is c1nc(N2CCN(Cc3ccc4c(c3)OCCO4)CC2)n[nH]1. The molecule has 2 aliphatic rings. The van der Waals surface area contributed by atoms with Crippen molar-refractivity contribution in [3.63, 3.8) is 0 Å². The predicted octanol–water partition coefficient (Wildman–Crippen LogP) is 0.898. The third-order valence-corrected chi connectivity index (χ3v) is 4.07. The molecule has 1 N–H and O–H groups in total. The zero-order valence-electron chi connectivity index (χ0n) is 12.4. The van der Waals surface area contributed by atoms with Crippen LogP contribution in [0.5, 0.6) is 11.5 Å². The van der Waals surface area contributed by atoms with Crippen molar-refractivity contribution in [3.8, 4) is 11.5 Å². The number of hydrogen-bond donors (Lipinski definition) is 1. The first kappa shape index (κ1) is 13.4. The van der Waals surface area contributed by atoms with E-state index in [4.69, 9.17) is 9.47 Å². The first-order chi connectivity index (χ1) is 10.9. The highest BCUT2D eigenvalue weighted by atomic mass is 16.6. The van der Waals surface area contributed by atoms with Crippen LogP contribution in [0, 0.1) is 0 Å². The Kier molecular flexibility index (Phi) is 3.56. The van der Waals surface area contributed by atoms with Gasteiger partial charge in [0, 0.05) is 32.7 Å². The lowest BCUT2D eigenvalue weighted by Gasteiger charge is -2.34. The number of fused-ring (bicyclic) bond motifs is 1. The maximum absolute atomic E-state index is 5.65. The molecule has 0 amide bonds. The summed E-state index contributed by atoms with van der Waals surface area (Å²) in [4.78, 5) is 8.85. The van der Waals surface area contributed by atoms with Gasteiger partial charge in [0.15, 0.2) is 11.5 Å². The molecular weight excluding hydrogens is 282 g/mol. The average molecular weight is 301 g/mol. The van der Waals surface area contributed by atoms with E-state index in [2.05, 4.69) is 37.1 Å². The summed E-state index contributed by atoms with van der Waals surface area (Å²) in [7, 11) is 0. The number of nitrogens with one attached hydrogen (secondary N) is 1. The van der Waals surface area contributed by atoms with Crippen LogP contribution in [-0.2, 0) is 6.54 Å². The second kappa shape index (κ2) is 5.84. The number of anilines is 1. The summed E-state index contributed by atoms with van der Waals surface area (Å²) in [5.41, 5.74) is 1.26. The molecule has 7 heteroatoms. The standard InChI is InChI=1S/C15H19N5O2/c1-2-13-14(22-8-7-21-13)9-12(1)10-19-3-5-20(6-4-19)15-16-11-17-18-15/h1-2,9,11H,3-8,10H2,(H,16,17,18). The summed E-state index contributed by atoms with van der Waals surface area (Å²) >= 11 is 0. The van der Waals surface area contributed by atoms with Crippen molar-refractivity contribution < 1.29 is 9.47 Å². The van der Waals surface area contributed by atoms with Crippen molar-refractivity contribution in [1.82, 2.24) is 20.1 Å². The Morgan fingerprint density at radius 1 is 1.05 bits per heavy atom. The number of aromatic amines is 1. The van der Waals surface area contributed by atoms with Gasteiger partial charge in [0.1, 0.15) is 19.5 Å². The van der Waals surface area contributed by atoms with Gasteiger partial charge in [-0.05, 0) is 17.7 Å². The van der Waals surface area contributed by atoms with Gasteiger partial charge in [-0.1, -0.05) is 6.07 Å². The highest BCUT2D eigenvalue weighted by Gasteiger charge is 2.20. The highest BCUT2D eigenvalue weighted by Crippen LogP contribution is 2.31. The number of piperazine rings is 1. The van der Waals surface area contributed by atoms with Gasteiger partial charge in [-0.3, -0.25) is 10.00 Å². The topological polar surface area (TPSA) is 66.5 Å². The van der Waals surface area contributed by atoms with Crippen LogP contribution in [0.4, 0.5) is 5.95 Å². The summed E-state index contributed by atoms with van der Waals surface area (Å²) in [6, 6.07) is 6.22. The van der Waals surface area contributed by atoms with Gasteiger partial charge in [-0.2, -0.15) is 0 Å². The molecule has 1 aromatic carbocycles. The summed E-state index contributed by atoms with van der Waals surface area (Å²) in [6.45, 7) is 6.09. The van der Waals surface area contributed by atoms with Crippen LogP contribution >= 0.6 is 0 Å². The molecule has 0 radical (unpaired) electrons. The van der Waals surface area contributed by atoms with Crippen molar-refractivity contribution in [3.05, 3.63) is 30.1 Å². The van der Waals surface area contributed by atoms with E-state index in [1.165, 1.54) is 5.56 Å². The van der Waals surface area contributed by atoms with E-state index in [-0.39, 0.29) is 0 Å². The van der Waals surface area contributed by atoms with Crippen LogP contribution in [0.15, 0.2) is 24.5 Å². The number of aromatic nitrogens is 3. The Morgan fingerprint density at radius 2 is 1.86 bits per heavy atom. The van der Waals surface area contributed by atoms with Crippen molar-refractivity contribution in [2.75, 3.05) is 44.3 Å². The molecule has 2 aliphatic heterocycles. The first-order valence-corrected chi connectivity index (χ1v) is 7.60. The van der Waals surface area contributed by atoms with E-state index in [0.29, 0.717) is 13.2 Å². The fourth-order valence-electron chi connectivity index (χ4n) is 2.90. The van der Waals surface area contributed by atoms with Crippen molar-refractivity contribution in [2.24, 2.45) is 0 Å². The molecule has 3 heterocycles. The molecule has 116 valence electrons. The third-order valence-electron chi connectivity index (χ3n) is 4.07. The Hall–Kier alpha value is -2.28. The predicted molar refractivity (Wildman–Crippen MR) is 81.3 cm³/mol. The smallest absolute Gasteiger partial charge is 0.244 e. The summed E-state index contributed by atoms with van der Waals surface area (Å²) < 4.78 is 11.2. The molecule has 0 aliphatic carbocycles. The van der Waals surface area contributed by atoms with Crippen LogP contribution in [0.25, 0.3) is 0 Å². The van der Waals surface area contributed by atoms with Gasteiger partial charge in [0.2, 0.25) is 5.95 Å².